The molecule has 1 atom stereocenters. The minimum atomic E-state index is -1.02. The Morgan fingerprint density at radius 3 is 2.43 bits per heavy atom. The van der Waals surface area contributed by atoms with Gasteiger partial charge in [-0.3, -0.25) is 4.79 Å². The summed E-state index contributed by atoms with van der Waals surface area (Å²) < 4.78 is 0. The zero-order valence-electron chi connectivity index (χ0n) is 10.9. The van der Waals surface area contributed by atoms with Crippen LogP contribution in [0.25, 0.3) is 0 Å². The third kappa shape index (κ3) is 4.63. The van der Waals surface area contributed by atoms with E-state index in [1.54, 1.807) is 30.3 Å². The maximum Gasteiger partial charge on any atom is 0.227 e. The van der Waals surface area contributed by atoms with Crippen molar-refractivity contribution in [1.82, 2.24) is 0 Å². The monoisotopic (exact) mass is 325 g/mol. The summed E-state index contributed by atoms with van der Waals surface area (Å²) in [5.41, 5.74) is 0.926. The Kier molecular flexibility index (Phi) is 5.07. The van der Waals surface area contributed by atoms with Crippen LogP contribution >= 0.6 is 23.2 Å². The summed E-state index contributed by atoms with van der Waals surface area (Å²) in [6, 6.07) is 10.8. The molecule has 0 spiro atoms. The molecule has 2 aromatic rings. The fraction of sp³-hybridized carbons (Fsp3) is 0.133. The second-order valence-corrected chi connectivity index (χ2v) is 5.39. The summed E-state index contributed by atoms with van der Waals surface area (Å²) in [7, 11) is 0. The van der Waals surface area contributed by atoms with Crippen molar-refractivity contribution < 1.29 is 15.0 Å². The van der Waals surface area contributed by atoms with E-state index >= 15 is 0 Å². The van der Waals surface area contributed by atoms with E-state index in [2.05, 4.69) is 5.32 Å². The van der Waals surface area contributed by atoms with Gasteiger partial charge in [0.25, 0.3) is 0 Å². The van der Waals surface area contributed by atoms with Gasteiger partial charge >= 0.3 is 0 Å². The zero-order valence-corrected chi connectivity index (χ0v) is 12.4. The number of benzene rings is 2. The minimum absolute atomic E-state index is 0.0509. The molecule has 2 rings (SSSR count). The van der Waals surface area contributed by atoms with E-state index in [9.17, 15) is 15.0 Å². The van der Waals surface area contributed by atoms with E-state index in [0.29, 0.717) is 21.3 Å². The standard InChI is InChI=1S/C15H13Cl2NO3/c16-10-4-9(5-11(17)6-10)14(20)8-15(21)18-12-2-1-3-13(19)7-12/h1-7,14,19-20H,8H2,(H,18,21). The van der Waals surface area contributed by atoms with Crippen molar-refractivity contribution in [3.8, 4) is 5.75 Å². The molecule has 1 unspecified atom stereocenters. The normalized spacial score (nSPS) is 12.0. The summed E-state index contributed by atoms with van der Waals surface area (Å²) in [6.07, 6.45) is -1.16. The first-order valence-electron chi connectivity index (χ1n) is 6.17. The van der Waals surface area contributed by atoms with Gasteiger partial charge in [-0.1, -0.05) is 29.3 Å². The third-order valence-corrected chi connectivity index (χ3v) is 3.21. The Morgan fingerprint density at radius 2 is 1.81 bits per heavy atom. The van der Waals surface area contributed by atoms with E-state index in [1.165, 1.54) is 12.1 Å². The molecule has 0 aliphatic heterocycles. The van der Waals surface area contributed by atoms with Crippen molar-refractivity contribution in [3.05, 3.63) is 58.1 Å². The smallest absolute Gasteiger partial charge is 0.227 e. The number of aliphatic hydroxyl groups excluding tert-OH is 1. The molecule has 21 heavy (non-hydrogen) atoms. The Bertz CT molecular complexity index is 641. The van der Waals surface area contributed by atoms with E-state index in [-0.39, 0.29) is 18.1 Å². The highest BCUT2D eigenvalue weighted by Crippen LogP contribution is 2.25. The number of carbonyl (C=O) groups excluding carboxylic acids is 1. The number of halogens is 2. The van der Waals surface area contributed by atoms with Crippen molar-refractivity contribution in [3.63, 3.8) is 0 Å². The summed E-state index contributed by atoms with van der Waals surface area (Å²) in [5, 5.41) is 22.7. The molecule has 0 aliphatic rings. The van der Waals surface area contributed by atoms with Crippen LogP contribution in [0, 0.1) is 0 Å². The predicted octanol–water partition coefficient (Wildman–Crippen LogP) is 3.76. The first kappa shape index (κ1) is 15.6. The lowest BCUT2D eigenvalue weighted by Crippen LogP contribution is -2.15. The molecule has 0 heterocycles. The molecule has 4 nitrogen and oxygen atoms in total. The molecule has 0 radical (unpaired) electrons. The maximum atomic E-state index is 11.9. The van der Waals surface area contributed by atoms with Crippen molar-refractivity contribution in [2.24, 2.45) is 0 Å². The van der Waals surface area contributed by atoms with Crippen LogP contribution in [0.3, 0.4) is 0 Å². The largest absolute Gasteiger partial charge is 0.508 e. The fourth-order valence-corrected chi connectivity index (χ4v) is 2.40. The topological polar surface area (TPSA) is 69.6 Å². The molecule has 1 amide bonds. The van der Waals surface area contributed by atoms with Crippen LogP contribution in [0.2, 0.25) is 10.0 Å². The Morgan fingerprint density at radius 1 is 1.14 bits per heavy atom. The second kappa shape index (κ2) is 6.80. The van der Waals surface area contributed by atoms with Gasteiger partial charge < -0.3 is 15.5 Å². The quantitative estimate of drug-likeness (QED) is 0.801. The van der Waals surface area contributed by atoms with Gasteiger partial charge in [-0.25, -0.2) is 0 Å². The Hall–Kier alpha value is -1.75. The highest BCUT2D eigenvalue weighted by Gasteiger charge is 2.14. The summed E-state index contributed by atoms with van der Waals surface area (Å²) in [6.45, 7) is 0. The number of phenols is 1. The average molecular weight is 326 g/mol. The highest BCUT2D eigenvalue weighted by atomic mass is 35.5. The lowest BCUT2D eigenvalue weighted by atomic mass is 10.1. The van der Waals surface area contributed by atoms with Gasteiger partial charge in [-0.2, -0.15) is 0 Å². The first-order chi connectivity index (χ1) is 9.94. The fourth-order valence-electron chi connectivity index (χ4n) is 1.86. The van der Waals surface area contributed by atoms with Gasteiger partial charge in [0.1, 0.15) is 5.75 Å². The number of aliphatic hydroxyl groups is 1. The average Bonchev–Trinajstić information content (AvgIpc) is 2.37. The number of amides is 1. The van der Waals surface area contributed by atoms with Gasteiger partial charge in [-0.05, 0) is 35.9 Å². The molecule has 0 aliphatic carbocycles. The molecule has 0 fully saturated rings. The van der Waals surface area contributed by atoms with Gasteiger partial charge in [-0.15, -0.1) is 0 Å². The predicted molar refractivity (Wildman–Crippen MR) is 82.8 cm³/mol. The van der Waals surface area contributed by atoms with E-state index in [0.717, 1.165) is 0 Å². The lowest BCUT2D eigenvalue weighted by molar-refractivity contribution is -0.118. The van der Waals surface area contributed by atoms with Crippen molar-refractivity contribution >= 4 is 34.8 Å². The van der Waals surface area contributed by atoms with Crippen LogP contribution in [0.5, 0.6) is 5.75 Å². The van der Waals surface area contributed by atoms with E-state index < -0.39 is 6.10 Å². The van der Waals surface area contributed by atoms with Crippen LogP contribution < -0.4 is 5.32 Å². The molecule has 0 aromatic heterocycles. The number of hydrogen-bond donors (Lipinski definition) is 3. The molecule has 0 saturated carbocycles. The highest BCUT2D eigenvalue weighted by molar-refractivity contribution is 6.34. The van der Waals surface area contributed by atoms with Crippen molar-refractivity contribution in [2.45, 2.75) is 12.5 Å². The molecule has 0 saturated heterocycles. The zero-order chi connectivity index (χ0) is 15.4. The Labute approximate surface area is 131 Å². The molecular formula is C15H13Cl2NO3. The maximum absolute atomic E-state index is 11.9. The van der Waals surface area contributed by atoms with Crippen molar-refractivity contribution in [2.75, 3.05) is 5.32 Å². The van der Waals surface area contributed by atoms with E-state index in [4.69, 9.17) is 23.2 Å². The lowest BCUT2D eigenvalue weighted by Gasteiger charge is -2.12. The van der Waals surface area contributed by atoms with Crippen LogP contribution in [-0.4, -0.2) is 16.1 Å². The molecular weight excluding hydrogens is 313 g/mol. The molecule has 3 N–H and O–H groups in total. The van der Waals surface area contributed by atoms with Crippen LogP contribution in [-0.2, 0) is 4.79 Å². The van der Waals surface area contributed by atoms with Crippen LogP contribution in [0.1, 0.15) is 18.1 Å². The van der Waals surface area contributed by atoms with Gasteiger partial charge in [0.05, 0.1) is 12.5 Å². The van der Waals surface area contributed by atoms with Gasteiger partial charge in [0.2, 0.25) is 5.91 Å². The molecule has 2 aromatic carbocycles. The van der Waals surface area contributed by atoms with Crippen molar-refractivity contribution in [1.29, 1.82) is 0 Å². The number of hydrogen-bond acceptors (Lipinski definition) is 3. The number of carbonyl (C=O) groups is 1. The SMILES string of the molecule is O=C(CC(O)c1cc(Cl)cc(Cl)c1)Nc1cccc(O)c1. The summed E-state index contributed by atoms with van der Waals surface area (Å²) in [5.74, 6) is -0.334. The number of aromatic hydroxyl groups is 1. The second-order valence-electron chi connectivity index (χ2n) is 4.52. The van der Waals surface area contributed by atoms with E-state index in [1.807, 2.05) is 0 Å². The number of phenolic OH excluding ortho intramolecular Hbond substituents is 1. The number of nitrogens with one attached hydrogen (secondary N) is 1. The first-order valence-corrected chi connectivity index (χ1v) is 6.92. The molecule has 6 heteroatoms. The van der Waals surface area contributed by atoms with Crippen LogP contribution in [0.15, 0.2) is 42.5 Å². The third-order valence-electron chi connectivity index (χ3n) is 2.78. The summed E-state index contributed by atoms with van der Waals surface area (Å²) >= 11 is 11.7. The number of anilines is 1. The molecule has 110 valence electrons. The summed E-state index contributed by atoms with van der Waals surface area (Å²) in [4.78, 5) is 11.9. The Balaban J connectivity index is 2.02. The molecule has 0 bridgehead atoms. The minimum Gasteiger partial charge on any atom is -0.508 e. The number of rotatable bonds is 4. The van der Waals surface area contributed by atoms with Gasteiger partial charge in [0.15, 0.2) is 0 Å². The van der Waals surface area contributed by atoms with Gasteiger partial charge in [0, 0.05) is 21.8 Å². The van der Waals surface area contributed by atoms with Crippen LogP contribution in [0.4, 0.5) is 5.69 Å².